The summed E-state index contributed by atoms with van der Waals surface area (Å²) in [6.07, 6.45) is 0.0712. The first-order chi connectivity index (χ1) is 11.5. The Hall–Kier alpha value is -2.67. The number of nitrogens with zero attached hydrogens (tertiary/aromatic N) is 1. The second-order valence-electron chi connectivity index (χ2n) is 5.19. The molecule has 2 amide bonds. The Kier molecular flexibility index (Phi) is 6.08. The van der Waals surface area contributed by atoms with Crippen LogP contribution in [0.3, 0.4) is 0 Å². The van der Waals surface area contributed by atoms with E-state index in [4.69, 9.17) is 4.74 Å². The highest BCUT2D eigenvalue weighted by molar-refractivity contribution is 7.12. The highest BCUT2D eigenvalue weighted by atomic mass is 32.1. The average Bonchev–Trinajstić information content (AvgIpc) is 3.07. The van der Waals surface area contributed by atoms with Crippen LogP contribution in [-0.4, -0.2) is 24.6 Å². The molecule has 1 heterocycles. The van der Waals surface area contributed by atoms with Gasteiger partial charge in [-0.3, -0.25) is 9.59 Å². The van der Waals surface area contributed by atoms with E-state index < -0.39 is 0 Å². The number of methoxy groups -OCH3 is 1. The molecule has 2 N–H and O–H groups in total. The Bertz CT molecular complexity index is 754. The van der Waals surface area contributed by atoms with Crippen LogP contribution in [-0.2, 0) is 4.79 Å². The van der Waals surface area contributed by atoms with Gasteiger partial charge >= 0.3 is 0 Å². The number of carbonyl (C=O) groups excluding carboxylic acids is 2. The van der Waals surface area contributed by atoms with E-state index in [0.29, 0.717) is 22.0 Å². The molecule has 0 saturated heterocycles. The van der Waals surface area contributed by atoms with Crippen molar-refractivity contribution in [2.75, 3.05) is 12.4 Å². The third kappa shape index (κ3) is 4.92. The molecule has 0 spiro atoms. The van der Waals surface area contributed by atoms with Gasteiger partial charge in [0.25, 0.3) is 5.91 Å². The zero-order valence-electron chi connectivity index (χ0n) is 13.8. The smallest absolute Gasteiger partial charge is 0.281 e. The van der Waals surface area contributed by atoms with E-state index in [-0.39, 0.29) is 18.2 Å². The molecule has 1 aromatic carbocycles. The third-order valence-corrected chi connectivity index (χ3v) is 4.01. The quantitative estimate of drug-likeness (QED) is 0.623. The van der Waals surface area contributed by atoms with Crippen LogP contribution in [0.2, 0.25) is 0 Å². The van der Waals surface area contributed by atoms with Gasteiger partial charge in [0.15, 0.2) is 0 Å². The van der Waals surface area contributed by atoms with Crippen molar-refractivity contribution in [3.8, 4) is 5.75 Å². The van der Waals surface area contributed by atoms with E-state index in [1.807, 2.05) is 24.4 Å². The van der Waals surface area contributed by atoms with Crippen LogP contribution < -0.4 is 15.5 Å². The van der Waals surface area contributed by atoms with Gasteiger partial charge < -0.3 is 10.1 Å². The van der Waals surface area contributed by atoms with Gasteiger partial charge in [0.05, 0.1) is 24.1 Å². The summed E-state index contributed by atoms with van der Waals surface area (Å²) in [7, 11) is 1.55. The molecule has 7 heteroatoms. The first-order valence-electron chi connectivity index (χ1n) is 7.31. The zero-order valence-corrected chi connectivity index (χ0v) is 14.6. The molecule has 0 aliphatic rings. The molecule has 24 heavy (non-hydrogen) atoms. The fourth-order valence-electron chi connectivity index (χ4n) is 1.99. The van der Waals surface area contributed by atoms with E-state index in [2.05, 4.69) is 15.8 Å². The lowest BCUT2D eigenvalue weighted by atomic mass is 10.2. The van der Waals surface area contributed by atoms with Crippen LogP contribution in [0.25, 0.3) is 0 Å². The predicted molar refractivity (Wildman–Crippen MR) is 95.9 cm³/mol. The van der Waals surface area contributed by atoms with Crippen molar-refractivity contribution >= 4 is 34.6 Å². The number of aryl methyl sites for hydroxylation is 1. The number of benzene rings is 1. The van der Waals surface area contributed by atoms with Gasteiger partial charge in [0.2, 0.25) is 5.91 Å². The SMILES string of the molecule is COc1ccc(C)cc1NC(=O)C/C(C)=N\NC(=O)c1cccs1. The van der Waals surface area contributed by atoms with Crippen molar-refractivity contribution in [3.05, 3.63) is 46.2 Å². The molecule has 2 aromatic rings. The Morgan fingerprint density at radius 3 is 2.75 bits per heavy atom. The summed E-state index contributed by atoms with van der Waals surface area (Å²) in [6.45, 7) is 3.61. The molecule has 0 aliphatic carbocycles. The number of hydrogen-bond acceptors (Lipinski definition) is 5. The molecule has 2 rings (SSSR count). The van der Waals surface area contributed by atoms with E-state index in [9.17, 15) is 9.59 Å². The molecule has 6 nitrogen and oxygen atoms in total. The normalized spacial score (nSPS) is 11.0. The number of ether oxygens (including phenoxy) is 1. The van der Waals surface area contributed by atoms with Crippen molar-refractivity contribution < 1.29 is 14.3 Å². The molecule has 0 fully saturated rings. The zero-order chi connectivity index (χ0) is 17.5. The fourth-order valence-corrected chi connectivity index (χ4v) is 2.61. The van der Waals surface area contributed by atoms with E-state index >= 15 is 0 Å². The van der Waals surface area contributed by atoms with Gasteiger partial charge in [0, 0.05) is 5.71 Å². The summed E-state index contributed by atoms with van der Waals surface area (Å²) >= 11 is 1.33. The monoisotopic (exact) mass is 345 g/mol. The van der Waals surface area contributed by atoms with E-state index in [1.54, 1.807) is 32.2 Å². The maximum atomic E-state index is 12.1. The van der Waals surface area contributed by atoms with Gasteiger partial charge in [-0.1, -0.05) is 12.1 Å². The molecular weight excluding hydrogens is 326 g/mol. The Morgan fingerprint density at radius 1 is 1.29 bits per heavy atom. The maximum absolute atomic E-state index is 12.1. The van der Waals surface area contributed by atoms with Crippen molar-refractivity contribution in [2.24, 2.45) is 5.10 Å². The second kappa shape index (κ2) is 8.26. The lowest BCUT2D eigenvalue weighted by Crippen LogP contribution is -2.21. The number of carbonyl (C=O) groups is 2. The minimum Gasteiger partial charge on any atom is -0.495 e. The minimum absolute atomic E-state index is 0.0712. The summed E-state index contributed by atoms with van der Waals surface area (Å²) in [5, 5.41) is 8.56. The average molecular weight is 345 g/mol. The number of amides is 2. The van der Waals surface area contributed by atoms with Gasteiger partial charge in [0.1, 0.15) is 5.75 Å². The topological polar surface area (TPSA) is 79.8 Å². The number of anilines is 1. The van der Waals surface area contributed by atoms with Crippen LogP contribution in [0.1, 0.15) is 28.6 Å². The lowest BCUT2D eigenvalue weighted by molar-refractivity contribution is -0.115. The highest BCUT2D eigenvalue weighted by Gasteiger charge is 2.10. The van der Waals surface area contributed by atoms with Crippen molar-refractivity contribution in [1.82, 2.24) is 5.43 Å². The first-order valence-corrected chi connectivity index (χ1v) is 8.19. The highest BCUT2D eigenvalue weighted by Crippen LogP contribution is 2.25. The second-order valence-corrected chi connectivity index (χ2v) is 6.14. The molecule has 0 bridgehead atoms. The Labute approximate surface area is 144 Å². The fraction of sp³-hybridized carbons (Fsp3) is 0.235. The molecule has 0 radical (unpaired) electrons. The van der Waals surface area contributed by atoms with Gasteiger partial charge in [-0.05, 0) is 43.0 Å². The number of thiophene rings is 1. The number of hydrazone groups is 1. The molecule has 126 valence electrons. The minimum atomic E-state index is -0.287. The number of hydrogen-bond donors (Lipinski definition) is 2. The standard InChI is InChI=1S/C17H19N3O3S/c1-11-6-7-14(23-3)13(9-11)18-16(21)10-12(2)19-20-17(22)15-5-4-8-24-15/h4-9H,10H2,1-3H3,(H,18,21)(H,20,22)/b19-12-. The van der Waals surface area contributed by atoms with Crippen molar-refractivity contribution in [1.29, 1.82) is 0 Å². The molecule has 0 saturated carbocycles. The molecular formula is C17H19N3O3S. The first kappa shape index (κ1) is 17.7. The van der Waals surface area contributed by atoms with Crippen molar-refractivity contribution in [2.45, 2.75) is 20.3 Å². The van der Waals surface area contributed by atoms with E-state index in [1.165, 1.54) is 11.3 Å². The Morgan fingerprint density at radius 2 is 2.08 bits per heavy atom. The van der Waals surface area contributed by atoms with Crippen LogP contribution in [0, 0.1) is 6.92 Å². The number of nitrogens with one attached hydrogen (secondary N) is 2. The summed E-state index contributed by atoms with van der Waals surface area (Å²) in [6, 6.07) is 9.04. The molecule has 0 unspecified atom stereocenters. The molecule has 1 aromatic heterocycles. The lowest BCUT2D eigenvalue weighted by Gasteiger charge is -2.11. The van der Waals surface area contributed by atoms with Crippen LogP contribution in [0.5, 0.6) is 5.75 Å². The van der Waals surface area contributed by atoms with Gasteiger partial charge in [-0.15, -0.1) is 11.3 Å². The molecule has 0 atom stereocenters. The largest absolute Gasteiger partial charge is 0.495 e. The molecule has 0 aliphatic heterocycles. The summed E-state index contributed by atoms with van der Waals surface area (Å²) < 4.78 is 5.23. The van der Waals surface area contributed by atoms with Crippen molar-refractivity contribution in [3.63, 3.8) is 0 Å². The summed E-state index contributed by atoms with van der Waals surface area (Å²) in [5.74, 6) is 0.0742. The van der Waals surface area contributed by atoms with Crippen LogP contribution in [0.15, 0.2) is 40.8 Å². The Balaban J connectivity index is 1.93. The predicted octanol–water partition coefficient (Wildman–Crippen LogP) is 3.20. The van der Waals surface area contributed by atoms with Crippen LogP contribution >= 0.6 is 11.3 Å². The van der Waals surface area contributed by atoms with Gasteiger partial charge in [-0.2, -0.15) is 5.10 Å². The summed E-state index contributed by atoms with van der Waals surface area (Å²) in [5.41, 5.74) is 4.57. The van der Waals surface area contributed by atoms with Crippen LogP contribution in [0.4, 0.5) is 5.69 Å². The summed E-state index contributed by atoms with van der Waals surface area (Å²) in [4.78, 5) is 24.5. The van der Waals surface area contributed by atoms with E-state index in [0.717, 1.165) is 5.56 Å². The maximum Gasteiger partial charge on any atom is 0.281 e. The number of rotatable bonds is 6. The third-order valence-electron chi connectivity index (χ3n) is 3.14. The van der Waals surface area contributed by atoms with Gasteiger partial charge in [-0.25, -0.2) is 5.43 Å².